The van der Waals surface area contributed by atoms with Gasteiger partial charge >= 0.3 is 5.97 Å². The lowest BCUT2D eigenvalue weighted by Crippen LogP contribution is -2.09. The molecule has 1 atom stereocenters. The number of halogens is 1. The number of nitrogens with zero attached hydrogens (tertiary/aromatic N) is 1. The van der Waals surface area contributed by atoms with E-state index in [0.717, 1.165) is 0 Å². The highest BCUT2D eigenvalue weighted by Gasteiger charge is 2.19. The number of aromatic nitrogens is 2. The molecule has 0 saturated carbocycles. The molecule has 0 aliphatic carbocycles. The summed E-state index contributed by atoms with van der Waals surface area (Å²) in [5.41, 5.74) is -0.729. The topological polar surface area (TPSA) is 75.2 Å². The number of H-pyrrole nitrogens is 1. The smallest absolute Gasteiger partial charge is 0.349 e. The number of hydrogen-bond donors (Lipinski definition) is 2. The molecule has 90 valence electrons. The number of methoxy groups -OCH3 is 1. The molecule has 2 rings (SSSR count). The fraction of sp³-hybridized carbons (Fsp3) is 0.200. The largest absolute Gasteiger partial charge is 0.497 e. The first-order valence-corrected chi connectivity index (χ1v) is 5.55. The van der Waals surface area contributed by atoms with Gasteiger partial charge < -0.3 is 14.8 Å². The van der Waals surface area contributed by atoms with Crippen molar-refractivity contribution in [2.75, 3.05) is 7.11 Å². The third-order valence-electron chi connectivity index (χ3n) is 2.08. The van der Waals surface area contributed by atoms with E-state index in [-0.39, 0.29) is 5.16 Å². The van der Waals surface area contributed by atoms with Crippen LogP contribution in [0.15, 0.2) is 23.4 Å². The molecule has 5 nitrogen and oxygen atoms in total. The molecule has 1 unspecified atom stereocenters. The SMILES string of the molecule is COc1ccc2nc(SC(F)C(=O)O)[nH]c2c1. The Bertz CT molecular complexity index is 557. The number of benzene rings is 1. The minimum atomic E-state index is -2.03. The van der Waals surface area contributed by atoms with Gasteiger partial charge in [-0.05, 0) is 23.9 Å². The summed E-state index contributed by atoms with van der Waals surface area (Å²) in [5, 5.41) is 8.67. The van der Waals surface area contributed by atoms with Crippen LogP contribution in [0.4, 0.5) is 4.39 Å². The van der Waals surface area contributed by atoms with Crippen LogP contribution >= 0.6 is 11.8 Å². The van der Waals surface area contributed by atoms with E-state index in [2.05, 4.69) is 9.97 Å². The number of thioether (sulfide) groups is 1. The first kappa shape index (κ1) is 11.7. The number of aliphatic carboxylic acids is 1. The van der Waals surface area contributed by atoms with E-state index in [9.17, 15) is 9.18 Å². The first-order chi connectivity index (χ1) is 8.10. The second-order valence-electron chi connectivity index (χ2n) is 3.20. The van der Waals surface area contributed by atoms with Crippen LogP contribution in [0.25, 0.3) is 11.0 Å². The van der Waals surface area contributed by atoms with Gasteiger partial charge in [0.15, 0.2) is 5.16 Å². The van der Waals surface area contributed by atoms with Crippen molar-refractivity contribution in [3.8, 4) is 5.75 Å². The number of carboxylic acids is 1. The van der Waals surface area contributed by atoms with Crippen molar-refractivity contribution in [2.45, 2.75) is 10.7 Å². The lowest BCUT2D eigenvalue weighted by Gasteiger charge is -1.97. The van der Waals surface area contributed by atoms with Gasteiger partial charge in [0.2, 0.25) is 5.50 Å². The highest BCUT2D eigenvalue weighted by molar-refractivity contribution is 8.00. The van der Waals surface area contributed by atoms with E-state index in [1.54, 1.807) is 18.2 Å². The summed E-state index contributed by atoms with van der Waals surface area (Å²) in [7, 11) is 1.54. The predicted molar refractivity (Wildman–Crippen MR) is 61.0 cm³/mol. The van der Waals surface area contributed by atoms with Crippen molar-refractivity contribution in [3.05, 3.63) is 18.2 Å². The number of fused-ring (bicyclic) bond motifs is 1. The van der Waals surface area contributed by atoms with Crippen molar-refractivity contribution >= 4 is 28.8 Å². The Balaban J connectivity index is 2.28. The summed E-state index contributed by atoms with van der Waals surface area (Å²) >= 11 is 0.517. The van der Waals surface area contributed by atoms with Crippen molar-refractivity contribution < 1.29 is 19.0 Å². The van der Waals surface area contributed by atoms with E-state index < -0.39 is 11.5 Å². The van der Waals surface area contributed by atoms with Gasteiger partial charge in [-0.25, -0.2) is 14.2 Å². The first-order valence-electron chi connectivity index (χ1n) is 4.67. The quantitative estimate of drug-likeness (QED) is 0.819. The van der Waals surface area contributed by atoms with Crippen molar-refractivity contribution in [1.29, 1.82) is 0 Å². The zero-order valence-electron chi connectivity index (χ0n) is 8.81. The van der Waals surface area contributed by atoms with Gasteiger partial charge in [0.05, 0.1) is 18.1 Å². The average molecular weight is 256 g/mol. The molecule has 1 aromatic heterocycles. The summed E-state index contributed by atoms with van der Waals surface area (Å²) in [6.07, 6.45) is 0. The fourth-order valence-electron chi connectivity index (χ4n) is 1.30. The van der Waals surface area contributed by atoms with Gasteiger partial charge in [0, 0.05) is 6.07 Å². The maximum absolute atomic E-state index is 13.0. The molecular formula is C10H9FN2O3S. The van der Waals surface area contributed by atoms with E-state index in [1.807, 2.05) is 0 Å². The molecule has 17 heavy (non-hydrogen) atoms. The molecule has 0 saturated heterocycles. The maximum atomic E-state index is 13.0. The van der Waals surface area contributed by atoms with Crippen LogP contribution in [0.5, 0.6) is 5.75 Å². The molecule has 7 heteroatoms. The summed E-state index contributed by atoms with van der Waals surface area (Å²) in [6.45, 7) is 0. The Morgan fingerprint density at radius 3 is 3.06 bits per heavy atom. The summed E-state index contributed by atoms with van der Waals surface area (Å²) in [4.78, 5) is 17.2. The Hall–Kier alpha value is -1.76. The number of rotatable bonds is 4. The zero-order chi connectivity index (χ0) is 12.4. The number of imidazole rings is 1. The third kappa shape index (κ3) is 2.50. The standard InChI is InChI=1S/C10H9FN2O3S/c1-16-5-2-3-6-7(4-5)13-10(12-6)17-8(11)9(14)15/h2-4,8H,1H3,(H,12,13)(H,14,15). The van der Waals surface area contributed by atoms with Crippen molar-refractivity contribution in [3.63, 3.8) is 0 Å². The number of aromatic amines is 1. The molecule has 1 aromatic carbocycles. The normalized spacial score (nSPS) is 12.6. The summed E-state index contributed by atoms with van der Waals surface area (Å²) < 4.78 is 18.0. The highest BCUT2D eigenvalue weighted by atomic mass is 32.2. The molecule has 0 aliphatic heterocycles. The molecule has 2 aromatic rings. The molecule has 0 amide bonds. The molecular weight excluding hydrogens is 247 g/mol. The Labute approximate surface area is 100.0 Å². The minimum absolute atomic E-state index is 0.225. The lowest BCUT2D eigenvalue weighted by molar-refractivity contribution is -0.139. The monoisotopic (exact) mass is 256 g/mol. The van der Waals surface area contributed by atoms with E-state index in [4.69, 9.17) is 9.84 Å². The Kier molecular flexibility index (Phi) is 3.19. The highest BCUT2D eigenvalue weighted by Crippen LogP contribution is 2.26. The van der Waals surface area contributed by atoms with Gasteiger partial charge in [-0.3, -0.25) is 0 Å². The van der Waals surface area contributed by atoms with E-state index >= 15 is 0 Å². The summed E-state index contributed by atoms with van der Waals surface area (Å²) in [5.74, 6) is -0.874. The van der Waals surface area contributed by atoms with Crippen LogP contribution < -0.4 is 4.74 Å². The molecule has 0 bridgehead atoms. The van der Waals surface area contributed by atoms with Crippen molar-refractivity contribution in [2.24, 2.45) is 0 Å². The second kappa shape index (κ2) is 4.62. The van der Waals surface area contributed by atoms with Gasteiger partial charge in [-0.15, -0.1) is 0 Å². The minimum Gasteiger partial charge on any atom is -0.497 e. The molecule has 0 fully saturated rings. The van der Waals surface area contributed by atoms with Crippen LogP contribution in [0.2, 0.25) is 0 Å². The average Bonchev–Trinajstić information content (AvgIpc) is 2.69. The van der Waals surface area contributed by atoms with Crippen molar-refractivity contribution in [1.82, 2.24) is 9.97 Å². The van der Waals surface area contributed by atoms with Gasteiger partial charge in [-0.1, -0.05) is 0 Å². The van der Waals surface area contributed by atoms with E-state index in [0.29, 0.717) is 28.5 Å². The molecule has 2 N–H and O–H groups in total. The maximum Gasteiger partial charge on any atom is 0.349 e. The third-order valence-corrected chi connectivity index (χ3v) is 2.90. The van der Waals surface area contributed by atoms with Crippen LogP contribution in [-0.4, -0.2) is 33.7 Å². The lowest BCUT2D eigenvalue weighted by atomic mass is 10.3. The number of hydrogen-bond acceptors (Lipinski definition) is 4. The fourth-order valence-corrected chi connectivity index (χ4v) is 1.91. The van der Waals surface area contributed by atoms with E-state index in [1.165, 1.54) is 7.11 Å². The summed E-state index contributed by atoms with van der Waals surface area (Å²) in [6, 6.07) is 5.14. The van der Waals surface area contributed by atoms with Gasteiger partial charge in [0.1, 0.15) is 5.75 Å². The number of alkyl halides is 1. The number of carboxylic acid groups (broad SMARTS) is 1. The van der Waals surface area contributed by atoms with Crippen LogP contribution in [0.3, 0.4) is 0 Å². The Morgan fingerprint density at radius 1 is 1.65 bits per heavy atom. The molecule has 0 aliphatic rings. The molecule has 0 radical (unpaired) electrons. The number of ether oxygens (including phenoxy) is 1. The van der Waals surface area contributed by atoms with Crippen LogP contribution in [0, 0.1) is 0 Å². The molecule has 0 spiro atoms. The number of carbonyl (C=O) groups is 1. The van der Waals surface area contributed by atoms with Crippen LogP contribution in [0.1, 0.15) is 0 Å². The zero-order valence-corrected chi connectivity index (χ0v) is 9.62. The van der Waals surface area contributed by atoms with Crippen LogP contribution in [-0.2, 0) is 4.79 Å². The molecule has 1 heterocycles. The Morgan fingerprint density at radius 2 is 2.41 bits per heavy atom. The number of nitrogens with one attached hydrogen (secondary N) is 1. The van der Waals surface area contributed by atoms with Gasteiger partial charge in [-0.2, -0.15) is 0 Å². The second-order valence-corrected chi connectivity index (χ2v) is 4.23. The predicted octanol–water partition coefficient (Wildman–Crippen LogP) is 2.04. The van der Waals surface area contributed by atoms with Gasteiger partial charge in [0.25, 0.3) is 0 Å².